The second-order valence-corrected chi connectivity index (χ2v) is 2.41. The van der Waals surface area contributed by atoms with E-state index in [4.69, 9.17) is 0 Å². The predicted octanol–water partition coefficient (Wildman–Crippen LogP) is 1.07. The van der Waals surface area contributed by atoms with E-state index in [0.717, 1.165) is 0 Å². The van der Waals surface area contributed by atoms with E-state index in [2.05, 4.69) is 12.2 Å². The minimum atomic E-state index is -4.57. The Hall–Kier alpha value is -0.110. The number of halogens is 3. The maximum Gasteiger partial charge on any atom is 0.431 e. The number of aromatic nitrogens is 2. The average Bonchev–Trinajstić information content (AvgIpc) is 1.82. The minimum Gasteiger partial charge on any atom is -0.328 e. The number of H-pyrrole nitrogens is 2. The van der Waals surface area contributed by atoms with Gasteiger partial charge in [-0.15, -0.1) is 0 Å². The molecule has 8 heteroatoms. The first-order chi connectivity index (χ1) is 5.39. The molecule has 0 unspecified atom stereocenters. The summed E-state index contributed by atoms with van der Waals surface area (Å²) in [6, 6.07) is 0.412. The quantitative estimate of drug-likeness (QED) is 0.506. The van der Waals surface area contributed by atoms with E-state index >= 15 is 0 Å². The molecule has 1 aromatic heterocycles. The van der Waals surface area contributed by atoms with Gasteiger partial charge in [-0.2, -0.15) is 13.2 Å². The molecule has 13 heavy (non-hydrogen) atoms. The molecule has 1 heterocycles. The molecule has 67 valence electrons. The molecule has 1 radical (unpaired) electrons. The number of alkyl halides is 3. The van der Waals surface area contributed by atoms with Crippen molar-refractivity contribution in [2.24, 2.45) is 0 Å². The summed E-state index contributed by atoms with van der Waals surface area (Å²) in [4.78, 5) is 14.3. The smallest absolute Gasteiger partial charge is 0.328 e. The number of hydrogen-bond donors (Lipinski definition) is 2. The Bertz CT molecular complexity index is 367. The molecule has 1 rings (SSSR count). The molecular formula is C5H3F3N2NaOS. The van der Waals surface area contributed by atoms with Gasteiger partial charge in [0.15, 0.2) is 4.77 Å². The molecule has 0 aromatic carbocycles. The molecular weight excluding hydrogens is 216 g/mol. The van der Waals surface area contributed by atoms with Gasteiger partial charge in [0.05, 0.1) is 0 Å². The summed E-state index contributed by atoms with van der Waals surface area (Å²) in [5, 5.41) is 0. The van der Waals surface area contributed by atoms with Gasteiger partial charge in [-0.3, -0.25) is 9.78 Å². The van der Waals surface area contributed by atoms with Crippen LogP contribution in [0, 0.1) is 4.77 Å². The molecule has 2 N–H and O–H groups in total. The summed E-state index contributed by atoms with van der Waals surface area (Å²) in [5.41, 5.74) is -2.01. The van der Waals surface area contributed by atoms with Crippen molar-refractivity contribution in [1.82, 2.24) is 9.97 Å². The Morgan fingerprint density at radius 1 is 1.31 bits per heavy atom. The summed E-state index contributed by atoms with van der Waals surface area (Å²) in [6.07, 6.45) is -4.57. The molecule has 0 bridgehead atoms. The van der Waals surface area contributed by atoms with E-state index in [1.807, 2.05) is 9.97 Å². The van der Waals surface area contributed by atoms with Crippen LogP contribution in [0.3, 0.4) is 0 Å². The van der Waals surface area contributed by atoms with Gasteiger partial charge in [-0.05, 0) is 12.2 Å². The molecule has 0 amide bonds. The van der Waals surface area contributed by atoms with Crippen LogP contribution < -0.4 is 5.56 Å². The van der Waals surface area contributed by atoms with Gasteiger partial charge in [-0.25, -0.2) is 0 Å². The van der Waals surface area contributed by atoms with Crippen LogP contribution in [0.2, 0.25) is 0 Å². The third-order valence-electron chi connectivity index (χ3n) is 1.07. The van der Waals surface area contributed by atoms with Crippen LogP contribution in [0.25, 0.3) is 0 Å². The first kappa shape index (κ1) is 12.9. The standard InChI is InChI=1S/C5H3F3N2OS.Na/c6-5(7,8)2-1-3(11)10-4(12)9-2;/h1H,(H2,9,10,11,12);. The Labute approximate surface area is 97.7 Å². The van der Waals surface area contributed by atoms with Crippen LogP contribution in [0.15, 0.2) is 10.9 Å². The van der Waals surface area contributed by atoms with Crippen molar-refractivity contribution in [3.63, 3.8) is 0 Å². The fraction of sp³-hybridized carbons (Fsp3) is 0.200. The van der Waals surface area contributed by atoms with Crippen LogP contribution in [-0.2, 0) is 6.18 Å². The van der Waals surface area contributed by atoms with Crippen molar-refractivity contribution in [1.29, 1.82) is 0 Å². The van der Waals surface area contributed by atoms with E-state index in [9.17, 15) is 18.0 Å². The van der Waals surface area contributed by atoms with Gasteiger partial charge >= 0.3 is 6.18 Å². The fourth-order valence-corrected chi connectivity index (χ4v) is 0.832. The van der Waals surface area contributed by atoms with E-state index in [1.54, 1.807) is 0 Å². The summed E-state index contributed by atoms with van der Waals surface area (Å²) >= 11 is 4.34. The molecule has 0 aliphatic carbocycles. The first-order valence-corrected chi connectivity index (χ1v) is 3.21. The molecule has 0 saturated carbocycles. The molecule has 3 nitrogen and oxygen atoms in total. The molecule has 0 atom stereocenters. The second-order valence-electron chi connectivity index (χ2n) is 2.00. The van der Waals surface area contributed by atoms with E-state index in [0.29, 0.717) is 6.07 Å². The number of aromatic amines is 2. The zero-order valence-electron chi connectivity index (χ0n) is 6.53. The number of nitrogens with one attached hydrogen (secondary N) is 2. The summed E-state index contributed by atoms with van der Waals surface area (Å²) in [5.74, 6) is 0. The molecule has 0 aliphatic heterocycles. The SMILES string of the molecule is O=c1cc(C(F)(F)F)[nH]c(=S)[nH]1.[Na]. The Kier molecular flexibility index (Phi) is 4.37. The third-order valence-corrected chi connectivity index (χ3v) is 1.27. The van der Waals surface area contributed by atoms with Crippen LogP contribution in [0.5, 0.6) is 0 Å². The minimum absolute atomic E-state index is 0. The molecule has 0 spiro atoms. The largest absolute Gasteiger partial charge is 0.431 e. The van der Waals surface area contributed by atoms with Gasteiger partial charge in [0.25, 0.3) is 5.56 Å². The fourth-order valence-electron chi connectivity index (χ4n) is 0.621. The van der Waals surface area contributed by atoms with Gasteiger partial charge < -0.3 is 4.98 Å². The van der Waals surface area contributed by atoms with Crippen molar-refractivity contribution in [3.8, 4) is 0 Å². The number of rotatable bonds is 0. The summed E-state index contributed by atoms with van der Waals surface area (Å²) in [6.45, 7) is 0. The Morgan fingerprint density at radius 3 is 2.23 bits per heavy atom. The van der Waals surface area contributed by atoms with Crippen molar-refractivity contribution in [2.75, 3.05) is 0 Å². The maximum atomic E-state index is 11.9. The van der Waals surface area contributed by atoms with Gasteiger partial charge in [0, 0.05) is 35.6 Å². The van der Waals surface area contributed by atoms with Gasteiger partial charge in [-0.1, -0.05) is 0 Å². The molecule has 0 aliphatic rings. The Balaban J connectivity index is 0.00000144. The third kappa shape index (κ3) is 3.63. The van der Waals surface area contributed by atoms with E-state index < -0.39 is 17.4 Å². The molecule has 1 aromatic rings. The molecule has 0 fully saturated rings. The summed E-state index contributed by atoms with van der Waals surface area (Å²) < 4.78 is 35.4. The van der Waals surface area contributed by atoms with E-state index in [1.165, 1.54) is 0 Å². The van der Waals surface area contributed by atoms with Crippen molar-refractivity contribution in [2.45, 2.75) is 6.18 Å². The van der Waals surface area contributed by atoms with Gasteiger partial charge in [0.1, 0.15) is 5.69 Å². The average molecular weight is 219 g/mol. The first-order valence-electron chi connectivity index (χ1n) is 2.80. The zero-order valence-corrected chi connectivity index (χ0v) is 9.34. The number of hydrogen-bond acceptors (Lipinski definition) is 2. The topological polar surface area (TPSA) is 48.6 Å². The molecule has 0 saturated heterocycles. The summed E-state index contributed by atoms with van der Waals surface area (Å²) in [7, 11) is 0. The van der Waals surface area contributed by atoms with Crippen LogP contribution in [0.1, 0.15) is 5.69 Å². The predicted molar refractivity (Wildman–Crippen MR) is 43.0 cm³/mol. The van der Waals surface area contributed by atoms with Crippen molar-refractivity contribution < 1.29 is 13.2 Å². The maximum absolute atomic E-state index is 11.9. The van der Waals surface area contributed by atoms with Crippen molar-refractivity contribution in [3.05, 3.63) is 26.9 Å². The van der Waals surface area contributed by atoms with Crippen LogP contribution in [0.4, 0.5) is 13.2 Å². The van der Waals surface area contributed by atoms with Crippen molar-refractivity contribution >= 4 is 41.8 Å². The van der Waals surface area contributed by atoms with Crippen LogP contribution in [-0.4, -0.2) is 39.5 Å². The van der Waals surface area contributed by atoms with E-state index in [-0.39, 0.29) is 34.3 Å². The normalized spacial score (nSPS) is 10.7. The van der Waals surface area contributed by atoms with Crippen LogP contribution >= 0.6 is 12.2 Å². The second kappa shape index (κ2) is 4.41. The van der Waals surface area contributed by atoms with Gasteiger partial charge in [0.2, 0.25) is 0 Å². The monoisotopic (exact) mass is 219 g/mol. The zero-order chi connectivity index (χ0) is 9.35. The Morgan fingerprint density at radius 2 is 1.85 bits per heavy atom.